The second-order valence-electron chi connectivity index (χ2n) is 6.04. The highest BCUT2D eigenvalue weighted by atomic mass is 19.1. The van der Waals surface area contributed by atoms with Crippen molar-refractivity contribution in [3.63, 3.8) is 0 Å². The first kappa shape index (κ1) is 18.9. The number of benzene rings is 1. The molecule has 1 aliphatic rings. The minimum absolute atomic E-state index is 0.147. The summed E-state index contributed by atoms with van der Waals surface area (Å²) in [7, 11) is 0. The Balaban J connectivity index is 1.74. The van der Waals surface area contributed by atoms with Crippen LogP contribution in [0.2, 0.25) is 0 Å². The van der Waals surface area contributed by atoms with Crippen LogP contribution in [0.1, 0.15) is 23.6 Å². The summed E-state index contributed by atoms with van der Waals surface area (Å²) in [5, 5.41) is 11.4. The standard InChI is InChI=1S/C20H15FN4O3/c1-13(26)24-11-18-12-25(20(27)28-18)17-5-4-16(19(21)7-17)3-2-14-6-15(8-22)10-23-9-14/h4-7,9-10,18H,11-12H2,1H3,(H,24,26). The molecule has 1 fully saturated rings. The molecule has 8 heteroatoms. The number of halogens is 1. The van der Waals surface area contributed by atoms with E-state index in [0.717, 1.165) is 0 Å². The quantitative estimate of drug-likeness (QED) is 0.824. The molecule has 1 unspecified atom stereocenters. The van der Waals surface area contributed by atoms with Gasteiger partial charge in [0.1, 0.15) is 18.0 Å². The first-order valence-electron chi connectivity index (χ1n) is 8.35. The number of carbonyl (C=O) groups is 2. The highest BCUT2D eigenvalue weighted by Crippen LogP contribution is 2.23. The zero-order valence-corrected chi connectivity index (χ0v) is 14.9. The van der Waals surface area contributed by atoms with E-state index in [0.29, 0.717) is 16.8 Å². The maximum absolute atomic E-state index is 14.4. The molecule has 28 heavy (non-hydrogen) atoms. The Morgan fingerprint density at radius 1 is 1.36 bits per heavy atom. The van der Waals surface area contributed by atoms with Gasteiger partial charge < -0.3 is 10.1 Å². The lowest BCUT2D eigenvalue weighted by Crippen LogP contribution is -2.33. The normalized spacial score (nSPS) is 15.2. The molecule has 0 saturated carbocycles. The Bertz CT molecular complexity index is 1040. The van der Waals surface area contributed by atoms with Crippen LogP contribution in [0.15, 0.2) is 36.7 Å². The molecule has 0 aliphatic carbocycles. The Labute approximate surface area is 160 Å². The van der Waals surface area contributed by atoms with Gasteiger partial charge in [-0.3, -0.25) is 14.7 Å². The Hall–Kier alpha value is -3.91. The zero-order valence-electron chi connectivity index (χ0n) is 14.9. The molecule has 1 saturated heterocycles. The number of nitrogens with zero attached hydrogens (tertiary/aromatic N) is 3. The summed E-state index contributed by atoms with van der Waals surface area (Å²) < 4.78 is 19.6. The molecule has 0 bridgehead atoms. The van der Waals surface area contributed by atoms with Crippen LogP contribution in [0.25, 0.3) is 0 Å². The first-order valence-corrected chi connectivity index (χ1v) is 8.35. The van der Waals surface area contributed by atoms with Gasteiger partial charge in [-0.2, -0.15) is 5.26 Å². The molecule has 3 rings (SSSR count). The molecule has 7 nitrogen and oxygen atoms in total. The van der Waals surface area contributed by atoms with Gasteiger partial charge in [0.15, 0.2) is 0 Å². The molecule has 0 radical (unpaired) electrons. The van der Waals surface area contributed by atoms with E-state index >= 15 is 0 Å². The second-order valence-corrected chi connectivity index (χ2v) is 6.04. The van der Waals surface area contributed by atoms with Crippen LogP contribution in [0.4, 0.5) is 14.9 Å². The van der Waals surface area contributed by atoms with E-state index in [9.17, 15) is 14.0 Å². The van der Waals surface area contributed by atoms with Crippen molar-refractivity contribution in [2.24, 2.45) is 0 Å². The van der Waals surface area contributed by atoms with E-state index in [2.05, 4.69) is 22.1 Å². The number of aromatic nitrogens is 1. The largest absolute Gasteiger partial charge is 0.442 e. The average Bonchev–Trinajstić information content (AvgIpc) is 3.06. The number of amides is 2. The molecule has 1 aliphatic heterocycles. The monoisotopic (exact) mass is 378 g/mol. The van der Waals surface area contributed by atoms with Gasteiger partial charge in [-0.1, -0.05) is 11.8 Å². The third-order valence-electron chi connectivity index (χ3n) is 3.93. The van der Waals surface area contributed by atoms with Crippen molar-refractivity contribution in [2.75, 3.05) is 18.0 Å². The first-order chi connectivity index (χ1) is 13.5. The lowest BCUT2D eigenvalue weighted by Gasteiger charge is -2.13. The number of pyridine rings is 1. The predicted octanol–water partition coefficient (Wildman–Crippen LogP) is 1.95. The van der Waals surface area contributed by atoms with Crippen LogP contribution < -0.4 is 10.2 Å². The number of cyclic esters (lactones) is 1. The van der Waals surface area contributed by atoms with E-state index < -0.39 is 18.0 Å². The number of hydrogen-bond donors (Lipinski definition) is 1. The number of ether oxygens (including phenoxy) is 1. The zero-order chi connectivity index (χ0) is 20.1. The third-order valence-corrected chi connectivity index (χ3v) is 3.93. The van der Waals surface area contributed by atoms with Gasteiger partial charge in [-0.25, -0.2) is 9.18 Å². The van der Waals surface area contributed by atoms with Crippen LogP contribution >= 0.6 is 0 Å². The molecular formula is C20H15FN4O3. The molecule has 1 aromatic heterocycles. The lowest BCUT2D eigenvalue weighted by molar-refractivity contribution is -0.119. The van der Waals surface area contributed by atoms with Crippen LogP contribution in [0.5, 0.6) is 0 Å². The van der Waals surface area contributed by atoms with E-state index in [1.54, 1.807) is 12.1 Å². The summed E-state index contributed by atoms with van der Waals surface area (Å²) in [6.07, 6.45) is 1.79. The van der Waals surface area contributed by atoms with Gasteiger partial charge in [0.2, 0.25) is 5.91 Å². The highest BCUT2D eigenvalue weighted by molar-refractivity contribution is 5.90. The van der Waals surface area contributed by atoms with Crippen LogP contribution in [-0.2, 0) is 9.53 Å². The van der Waals surface area contributed by atoms with Crippen molar-refractivity contribution in [2.45, 2.75) is 13.0 Å². The molecule has 2 amide bonds. The van der Waals surface area contributed by atoms with Crippen molar-refractivity contribution in [1.29, 1.82) is 5.26 Å². The van der Waals surface area contributed by atoms with Gasteiger partial charge >= 0.3 is 6.09 Å². The van der Waals surface area contributed by atoms with Crippen molar-refractivity contribution in [1.82, 2.24) is 10.3 Å². The average molecular weight is 378 g/mol. The summed E-state index contributed by atoms with van der Waals surface area (Å²) in [6, 6.07) is 7.76. The summed E-state index contributed by atoms with van der Waals surface area (Å²) in [5.41, 5.74) is 1.34. The fraction of sp³-hybridized carbons (Fsp3) is 0.200. The molecule has 1 atom stereocenters. The van der Waals surface area contributed by atoms with Crippen LogP contribution in [-0.4, -0.2) is 36.2 Å². The van der Waals surface area contributed by atoms with Gasteiger partial charge in [0.05, 0.1) is 29.9 Å². The Kier molecular flexibility index (Phi) is 5.52. The maximum atomic E-state index is 14.4. The number of rotatable bonds is 3. The fourth-order valence-electron chi connectivity index (χ4n) is 2.58. The number of carbonyl (C=O) groups excluding carboxylic acids is 2. The number of hydrogen-bond acceptors (Lipinski definition) is 5. The van der Waals surface area contributed by atoms with Gasteiger partial charge in [-0.15, -0.1) is 0 Å². The summed E-state index contributed by atoms with van der Waals surface area (Å²) >= 11 is 0. The van der Waals surface area contributed by atoms with Gasteiger partial charge in [-0.05, 0) is 24.3 Å². The van der Waals surface area contributed by atoms with E-state index in [4.69, 9.17) is 10.00 Å². The summed E-state index contributed by atoms with van der Waals surface area (Å²) in [6.45, 7) is 1.77. The second kappa shape index (κ2) is 8.19. The molecule has 2 heterocycles. The van der Waals surface area contributed by atoms with Crippen LogP contribution in [0.3, 0.4) is 0 Å². The number of anilines is 1. The lowest BCUT2D eigenvalue weighted by atomic mass is 10.1. The summed E-state index contributed by atoms with van der Waals surface area (Å²) in [4.78, 5) is 28.2. The minimum Gasteiger partial charge on any atom is -0.442 e. The Morgan fingerprint density at radius 3 is 2.86 bits per heavy atom. The van der Waals surface area contributed by atoms with Crippen molar-refractivity contribution < 1.29 is 18.7 Å². The number of nitriles is 1. The molecular weight excluding hydrogens is 363 g/mol. The predicted molar refractivity (Wildman–Crippen MR) is 97.6 cm³/mol. The topological polar surface area (TPSA) is 95.3 Å². The van der Waals surface area contributed by atoms with E-state index in [-0.39, 0.29) is 24.6 Å². The fourth-order valence-corrected chi connectivity index (χ4v) is 2.58. The molecule has 140 valence electrons. The molecule has 0 spiro atoms. The smallest absolute Gasteiger partial charge is 0.414 e. The molecule has 1 N–H and O–H groups in total. The van der Waals surface area contributed by atoms with Crippen LogP contribution in [0, 0.1) is 29.0 Å². The van der Waals surface area contributed by atoms with Crippen molar-refractivity contribution in [3.05, 3.63) is 59.2 Å². The van der Waals surface area contributed by atoms with E-state index in [1.807, 2.05) is 6.07 Å². The van der Waals surface area contributed by atoms with Crippen molar-refractivity contribution >= 4 is 17.7 Å². The van der Waals surface area contributed by atoms with E-state index in [1.165, 1.54) is 36.4 Å². The maximum Gasteiger partial charge on any atom is 0.414 e. The molecule has 1 aromatic carbocycles. The minimum atomic E-state index is -0.604. The number of nitrogens with one attached hydrogen (secondary N) is 1. The SMILES string of the molecule is CC(=O)NCC1CN(c2ccc(C#Cc3cncc(C#N)c3)c(F)c2)C(=O)O1. The third kappa shape index (κ3) is 4.43. The molecule has 2 aromatic rings. The highest BCUT2D eigenvalue weighted by Gasteiger charge is 2.32. The van der Waals surface area contributed by atoms with Gasteiger partial charge in [0.25, 0.3) is 0 Å². The summed E-state index contributed by atoms with van der Waals surface area (Å²) in [5.74, 6) is 4.64. The van der Waals surface area contributed by atoms with Crippen molar-refractivity contribution in [3.8, 4) is 17.9 Å². The Morgan fingerprint density at radius 2 is 2.14 bits per heavy atom. The van der Waals surface area contributed by atoms with Gasteiger partial charge in [0, 0.05) is 24.9 Å².